The van der Waals surface area contributed by atoms with E-state index in [0.29, 0.717) is 28.9 Å². The first kappa shape index (κ1) is 30.0. The van der Waals surface area contributed by atoms with Crippen LogP contribution < -0.4 is 20.7 Å². The zero-order valence-corrected chi connectivity index (χ0v) is 23.6. The molecule has 3 N–H and O–H groups in total. The summed E-state index contributed by atoms with van der Waals surface area (Å²) in [5.41, 5.74) is 0.531. The number of likely N-dealkylation sites (tertiary alicyclic amines) is 1. The van der Waals surface area contributed by atoms with E-state index in [2.05, 4.69) is 30.8 Å². The number of hydrogen-bond donors (Lipinski definition) is 3. The number of methoxy groups -OCH3 is 1. The van der Waals surface area contributed by atoms with Gasteiger partial charge in [0.2, 0.25) is 11.9 Å². The van der Waals surface area contributed by atoms with E-state index in [1.807, 2.05) is 0 Å². The standard InChI is InChI=1S/C29H31F4N7O3/c1-17-19-6-5-7-22(25(19)27(42)40(17)13-10-30)36-26-20(29(31,32)33)15-34-28(38-26)37-21-9-8-18(14-23(21)43-2)35-24(41)16-39-11-3-4-12-39/h5-9,14-15,17H,3-4,10-13,16H2,1-2H3,(H,35,41)(H2,34,36,37,38). The van der Waals surface area contributed by atoms with Crippen molar-refractivity contribution in [3.8, 4) is 5.75 Å². The molecule has 2 aromatic carbocycles. The Morgan fingerprint density at radius 2 is 1.88 bits per heavy atom. The third-order valence-electron chi connectivity index (χ3n) is 7.46. The number of nitrogens with one attached hydrogen (secondary N) is 3. The van der Waals surface area contributed by atoms with Gasteiger partial charge in [0.25, 0.3) is 5.91 Å². The van der Waals surface area contributed by atoms with Crippen LogP contribution in [0.25, 0.3) is 0 Å². The molecule has 3 heterocycles. The number of carbonyl (C=O) groups is 2. The summed E-state index contributed by atoms with van der Waals surface area (Å²) < 4.78 is 60.4. The van der Waals surface area contributed by atoms with Crippen molar-refractivity contribution in [2.45, 2.75) is 32.0 Å². The van der Waals surface area contributed by atoms with Crippen LogP contribution in [0.15, 0.2) is 42.6 Å². The summed E-state index contributed by atoms with van der Waals surface area (Å²) in [4.78, 5) is 36.8. The Morgan fingerprint density at radius 3 is 2.58 bits per heavy atom. The van der Waals surface area contributed by atoms with Gasteiger partial charge >= 0.3 is 6.18 Å². The highest BCUT2D eigenvalue weighted by molar-refractivity contribution is 6.04. The van der Waals surface area contributed by atoms with Crippen LogP contribution in [0.4, 0.5) is 46.4 Å². The number of nitrogens with zero attached hydrogens (tertiary/aromatic N) is 4. The molecule has 3 aromatic rings. The monoisotopic (exact) mass is 601 g/mol. The van der Waals surface area contributed by atoms with Gasteiger partial charge < -0.3 is 25.6 Å². The minimum Gasteiger partial charge on any atom is -0.494 e. The Kier molecular flexibility index (Phi) is 8.67. The van der Waals surface area contributed by atoms with E-state index < -0.39 is 36.2 Å². The number of halogens is 4. The molecule has 5 rings (SSSR count). The summed E-state index contributed by atoms with van der Waals surface area (Å²) in [7, 11) is 1.41. The number of carbonyl (C=O) groups excluding carboxylic acids is 2. The second-order valence-corrected chi connectivity index (χ2v) is 10.3. The number of rotatable bonds is 10. The highest BCUT2D eigenvalue weighted by atomic mass is 19.4. The maximum atomic E-state index is 14.0. The molecule has 228 valence electrons. The number of hydrogen-bond acceptors (Lipinski definition) is 8. The molecule has 2 aliphatic heterocycles. The molecule has 43 heavy (non-hydrogen) atoms. The molecule has 10 nitrogen and oxygen atoms in total. The zero-order valence-electron chi connectivity index (χ0n) is 23.6. The van der Waals surface area contributed by atoms with E-state index in [9.17, 15) is 27.2 Å². The molecule has 1 fully saturated rings. The van der Waals surface area contributed by atoms with Crippen LogP contribution in [-0.4, -0.2) is 71.5 Å². The van der Waals surface area contributed by atoms with Gasteiger partial charge in [0, 0.05) is 24.5 Å². The first-order valence-corrected chi connectivity index (χ1v) is 13.8. The summed E-state index contributed by atoms with van der Waals surface area (Å²) in [5.74, 6) is -1.11. The van der Waals surface area contributed by atoms with Gasteiger partial charge in [-0.1, -0.05) is 12.1 Å². The van der Waals surface area contributed by atoms with Crippen molar-refractivity contribution in [3.63, 3.8) is 0 Å². The van der Waals surface area contributed by atoms with Crippen molar-refractivity contribution >= 4 is 40.6 Å². The SMILES string of the molecule is COc1cc(NC(=O)CN2CCCC2)ccc1Nc1ncc(C(F)(F)F)c(Nc2cccc3c2C(=O)N(CCF)C3C)n1. The van der Waals surface area contributed by atoms with E-state index in [1.165, 1.54) is 18.1 Å². The number of fused-ring (bicyclic) bond motifs is 1. The number of ether oxygens (including phenoxy) is 1. The fourth-order valence-corrected chi connectivity index (χ4v) is 5.34. The topological polar surface area (TPSA) is 112 Å². The van der Waals surface area contributed by atoms with E-state index in [-0.39, 0.29) is 36.2 Å². The number of amides is 2. The van der Waals surface area contributed by atoms with E-state index in [4.69, 9.17) is 4.74 Å². The van der Waals surface area contributed by atoms with Crippen LogP contribution in [0.2, 0.25) is 0 Å². The smallest absolute Gasteiger partial charge is 0.421 e. The van der Waals surface area contributed by atoms with Gasteiger partial charge in [-0.15, -0.1) is 0 Å². The highest BCUT2D eigenvalue weighted by Gasteiger charge is 2.38. The lowest BCUT2D eigenvalue weighted by Crippen LogP contribution is -2.30. The third kappa shape index (κ3) is 6.48. The van der Waals surface area contributed by atoms with Gasteiger partial charge in [0.1, 0.15) is 23.8 Å². The molecule has 1 atom stereocenters. The van der Waals surface area contributed by atoms with Crippen LogP contribution in [0, 0.1) is 0 Å². The van der Waals surface area contributed by atoms with Crippen LogP contribution in [0.5, 0.6) is 5.75 Å². The average molecular weight is 602 g/mol. The minimum absolute atomic E-state index is 0.109. The molecule has 2 aliphatic rings. The molecule has 1 aromatic heterocycles. The normalized spacial score (nSPS) is 16.7. The lowest BCUT2D eigenvalue weighted by atomic mass is 10.0. The zero-order chi connectivity index (χ0) is 30.7. The Balaban J connectivity index is 1.40. The van der Waals surface area contributed by atoms with Crippen molar-refractivity contribution in [3.05, 3.63) is 59.3 Å². The molecule has 14 heteroatoms. The summed E-state index contributed by atoms with van der Waals surface area (Å²) in [6.07, 6.45) is -2.04. The first-order valence-electron chi connectivity index (χ1n) is 13.8. The quantitative estimate of drug-likeness (QED) is 0.261. The number of aromatic nitrogens is 2. The van der Waals surface area contributed by atoms with Gasteiger partial charge in [0.05, 0.1) is 36.6 Å². The Morgan fingerprint density at radius 1 is 1.12 bits per heavy atom. The van der Waals surface area contributed by atoms with Crippen molar-refractivity contribution in [1.82, 2.24) is 19.8 Å². The van der Waals surface area contributed by atoms with Crippen LogP contribution in [0.3, 0.4) is 0 Å². The summed E-state index contributed by atoms with van der Waals surface area (Å²) in [6, 6.07) is 9.11. The van der Waals surface area contributed by atoms with Crippen LogP contribution in [0.1, 0.15) is 47.3 Å². The lowest BCUT2D eigenvalue weighted by molar-refractivity contribution is -0.137. The molecule has 0 aliphatic carbocycles. The summed E-state index contributed by atoms with van der Waals surface area (Å²) in [6.45, 7) is 2.88. The summed E-state index contributed by atoms with van der Waals surface area (Å²) in [5, 5.41) is 8.37. The molecule has 0 saturated carbocycles. The predicted octanol–water partition coefficient (Wildman–Crippen LogP) is 5.51. The fourth-order valence-electron chi connectivity index (χ4n) is 5.34. The molecular formula is C29H31F4N7O3. The van der Waals surface area contributed by atoms with Gasteiger partial charge in [-0.25, -0.2) is 9.37 Å². The Labute approximate surface area is 245 Å². The molecule has 0 bridgehead atoms. The number of anilines is 5. The summed E-state index contributed by atoms with van der Waals surface area (Å²) >= 11 is 0. The highest BCUT2D eigenvalue weighted by Crippen LogP contribution is 2.41. The van der Waals surface area contributed by atoms with Crippen molar-refractivity contribution in [2.24, 2.45) is 0 Å². The molecule has 1 unspecified atom stereocenters. The first-order chi connectivity index (χ1) is 20.6. The van der Waals surface area contributed by atoms with Crippen LogP contribution in [-0.2, 0) is 11.0 Å². The lowest BCUT2D eigenvalue weighted by Gasteiger charge is -2.20. The van der Waals surface area contributed by atoms with E-state index in [1.54, 1.807) is 37.3 Å². The predicted molar refractivity (Wildman–Crippen MR) is 153 cm³/mol. The maximum absolute atomic E-state index is 14.0. The van der Waals surface area contributed by atoms with Crippen LogP contribution >= 0.6 is 0 Å². The van der Waals surface area contributed by atoms with Crippen molar-refractivity contribution < 1.29 is 31.9 Å². The number of alkyl halides is 4. The second-order valence-electron chi connectivity index (χ2n) is 10.3. The largest absolute Gasteiger partial charge is 0.494 e. The molecule has 2 amide bonds. The van der Waals surface area contributed by atoms with Crippen molar-refractivity contribution in [1.29, 1.82) is 0 Å². The third-order valence-corrected chi connectivity index (χ3v) is 7.46. The maximum Gasteiger partial charge on any atom is 0.421 e. The number of benzene rings is 2. The minimum atomic E-state index is -4.80. The van der Waals surface area contributed by atoms with Gasteiger partial charge in [-0.2, -0.15) is 18.2 Å². The molecule has 0 radical (unpaired) electrons. The fraction of sp³-hybridized carbons (Fsp3) is 0.379. The Bertz CT molecular complexity index is 1510. The second kappa shape index (κ2) is 12.4. The van der Waals surface area contributed by atoms with E-state index in [0.717, 1.165) is 25.9 Å². The molecule has 1 saturated heterocycles. The van der Waals surface area contributed by atoms with E-state index >= 15 is 0 Å². The Hall–Kier alpha value is -4.46. The van der Waals surface area contributed by atoms with Crippen molar-refractivity contribution in [2.75, 3.05) is 55.9 Å². The average Bonchev–Trinajstić information content (AvgIpc) is 3.56. The van der Waals surface area contributed by atoms with Gasteiger partial charge in [0.15, 0.2) is 0 Å². The molecular weight excluding hydrogens is 570 g/mol. The van der Waals surface area contributed by atoms with Gasteiger partial charge in [-0.05, 0) is 56.6 Å². The molecule has 0 spiro atoms. The van der Waals surface area contributed by atoms with Gasteiger partial charge in [-0.3, -0.25) is 14.5 Å².